The fraction of sp³-hybridized carbons (Fsp3) is 0.375. The quantitative estimate of drug-likeness (QED) is 0.369. The number of hydrogen-bond acceptors (Lipinski definition) is 6. The van der Waals surface area contributed by atoms with Crippen molar-refractivity contribution >= 4 is 48.1 Å². The molecule has 3 heterocycles. The van der Waals surface area contributed by atoms with Crippen LogP contribution in [-0.2, 0) is 16.6 Å². The van der Waals surface area contributed by atoms with Gasteiger partial charge in [0, 0.05) is 43.3 Å². The number of ether oxygens (including phenoxy) is 1. The van der Waals surface area contributed by atoms with Crippen molar-refractivity contribution < 1.29 is 13.2 Å². The average molecular weight is 519 g/mol. The van der Waals surface area contributed by atoms with Crippen molar-refractivity contribution in [3.05, 3.63) is 53.2 Å². The van der Waals surface area contributed by atoms with E-state index in [-0.39, 0.29) is 0 Å². The Balaban J connectivity index is 1.54. The molecule has 10 heteroatoms. The molecule has 180 valence electrons. The Bertz CT molecular complexity index is 1450. The maximum absolute atomic E-state index is 12.6. The Hall–Kier alpha value is -2.17. The van der Waals surface area contributed by atoms with Crippen LogP contribution in [0.25, 0.3) is 26.4 Å². The summed E-state index contributed by atoms with van der Waals surface area (Å²) in [4.78, 5) is 8.23. The standard InChI is InChI=1S/C24H27ClN4O3S2/c1-16(2)34(30,31)28-11-9-27(10-12-28)15-21-23(17-5-4-6-19(13-17)32-3)26-24-29(21)20-8-7-18(25)14-22(20)33-24/h4-8,13-14,16H,9-12,15H2,1-3H3. The minimum absolute atomic E-state index is 0.405. The molecule has 2 aromatic heterocycles. The molecule has 0 saturated carbocycles. The topological polar surface area (TPSA) is 67.2 Å². The molecule has 4 aromatic rings. The summed E-state index contributed by atoms with van der Waals surface area (Å²) in [5.41, 5.74) is 4.06. The molecular weight excluding hydrogens is 492 g/mol. The highest BCUT2D eigenvalue weighted by atomic mass is 35.5. The summed E-state index contributed by atoms with van der Waals surface area (Å²) in [5.74, 6) is 0.781. The maximum Gasteiger partial charge on any atom is 0.216 e. The monoisotopic (exact) mass is 518 g/mol. The third kappa shape index (κ3) is 4.20. The Morgan fingerprint density at radius 3 is 2.59 bits per heavy atom. The van der Waals surface area contributed by atoms with Crippen LogP contribution in [0.15, 0.2) is 42.5 Å². The van der Waals surface area contributed by atoms with Gasteiger partial charge in [0.2, 0.25) is 10.0 Å². The third-order valence-corrected chi connectivity index (χ3v) is 9.82. The Kier molecular flexibility index (Phi) is 6.32. The fourth-order valence-corrected chi connectivity index (χ4v) is 6.99. The first-order chi connectivity index (χ1) is 16.3. The molecule has 0 N–H and O–H groups in total. The Morgan fingerprint density at radius 1 is 1.12 bits per heavy atom. The fourth-order valence-electron chi connectivity index (χ4n) is 4.40. The second-order valence-corrected chi connectivity index (χ2v) is 12.7. The molecule has 7 nitrogen and oxygen atoms in total. The maximum atomic E-state index is 12.6. The summed E-state index contributed by atoms with van der Waals surface area (Å²) >= 11 is 7.86. The van der Waals surface area contributed by atoms with Crippen molar-refractivity contribution in [2.45, 2.75) is 25.6 Å². The summed E-state index contributed by atoms with van der Waals surface area (Å²) < 4.78 is 35.5. The number of nitrogens with zero attached hydrogens (tertiary/aromatic N) is 4. The van der Waals surface area contributed by atoms with Crippen LogP contribution in [0.3, 0.4) is 0 Å². The molecule has 34 heavy (non-hydrogen) atoms. The molecule has 1 fully saturated rings. The molecule has 1 saturated heterocycles. The van der Waals surface area contributed by atoms with Gasteiger partial charge in [-0.15, -0.1) is 0 Å². The molecule has 0 radical (unpaired) electrons. The molecule has 0 amide bonds. The largest absolute Gasteiger partial charge is 0.497 e. The van der Waals surface area contributed by atoms with E-state index >= 15 is 0 Å². The van der Waals surface area contributed by atoms with Crippen molar-refractivity contribution in [2.75, 3.05) is 33.3 Å². The minimum atomic E-state index is -3.24. The first-order valence-electron chi connectivity index (χ1n) is 11.2. The smallest absolute Gasteiger partial charge is 0.216 e. The summed E-state index contributed by atoms with van der Waals surface area (Å²) in [7, 11) is -1.58. The molecule has 0 atom stereocenters. The van der Waals surface area contributed by atoms with Crippen LogP contribution in [0, 0.1) is 0 Å². The zero-order chi connectivity index (χ0) is 24.0. The van der Waals surface area contributed by atoms with E-state index in [1.54, 1.807) is 36.6 Å². The Morgan fingerprint density at radius 2 is 1.88 bits per heavy atom. The number of piperazine rings is 1. The van der Waals surface area contributed by atoms with Crippen LogP contribution in [0.2, 0.25) is 5.02 Å². The number of rotatable bonds is 6. The van der Waals surface area contributed by atoms with Gasteiger partial charge in [-0.3, -0.25) is 9.30 Å². The van der Waals surface area contributed by atoms with E-state index in [9.17, 15) is 8.42 Å². The summed E-state index contributed by atoms with van der Waals surface area (Å²) in [6.07, 6.45) is 0. The summed E-state index contributed by atoms with van der Waals surface area (Å²) in [6.45, 7) is 6.47. The number of aromatic nitrogens is 2. The molecule has 0 aliphatic carbocycles. The highest BCUT2D eigenvalue weighted by Gasteiger charge is 2.30. The van der Waals surface area contributed by atoms with Gasteiger partial charge in [0.1, 0.15) is 5.75 Å². The van der Waals surface area contributed by atoms with Crippen LogP contribution in [0.4, 0.5) is 0 Å². The predicted octanol–water partition coefficient (Wildman–Crippen LogP) is 4.73. The minimum Gasteiger partial charge on any atom is -0.497 e. The van der Waals surface area contributed by atoms with Gasteiger partial charge in [-0.1, -0.05) is 35.1 Å². The van der Waals surface area contributed by atoms with E-state index in [1.807, 2.05) is 42.5 Å². The Labute approximate surface area is 208 Å². The van der Waals surface area contributed by atoms with Gasteiger partial charge in [0.05, 0.1) is 34.0 Å². The van der Waals surface area contributed by atoms with Crippen LogP contribution in [0.5, 0.6) is 5.75 Å². The lowest BCUT2D eigenvalue weighted by atomic mass is 10.1. The molecule has 1 aliphatic heterocycles. The molecule has 0 bridgehead atoms. The molecule has 0 spiro atoms. The second-order valence-electron chi connectivity index (χ2n) is 8.74. The van der Waals surface area contributed by atoms with Crippen molar-refractivity contribution in [3.63, 3.8) is 0 Å². The SMILES string of the molecule is COc1cccc(-c2nc3sc4cc(Cl)ccc4n3c2CN2CCN(S(=O)(=O)C(C)C)CC2)c1. The van der Waals surface area contributed by atoms with Gasteiger partial charge in [-0.2, -0.15) is 4.31 Å². The number of imidazole rings is 1. The van der Waals surface area contributed by atoms with Gasteiger partial charge in [0.15, 0.2) is 4.96 Å². The van der Waals surface area contributed by atoms with Crippen molar-refractivity contribution in [1.82, 2.24) is 18.6 Å². The number of benzene rings is 2. The summed E-state index contributed by atoms with van der Waals surface area (Å²) in [5, 5.41) is 0.297. The van der Waals surface area contributed by atoms with E-state index in [2.05, 4.69) is 9.30 Å². The molecule has 1 aliphatic rings. The number of fused-ring (bicyclic) bond motifs is 3. The summed E-state index contributed by atoms with van der Waals surface area (Å²) in [6, 6.07) is 13.9. The number of hydrogen-bond donors (Lipinski definition) is 0. The van der Waals surface area contributed by atoms with Crippen molar-refractivity contribution in [3.8, 4) is 17.0 Å². The predicted molar refractivity (Wildman–Crippen MR) is 138 cm³/mol. The van der Waals surface area contributed by atoms with Crippen LogP contribution in [0.1, 0.15) is 19.5 Å². The van der Waals surface area contributed by atoms with E-state index in [0.29, 0.717) is 37.7 Å². The van der Waals surface area contributed by atoms with Gasteiger partial charge in [0.25, 0.3) is 0 Å². The van der Waals surface area contributed by atoms with E-state index in [4.69, 9.17) is 21.3 Å². The van der Waals surface area contributed by atoms with Crippen LogP contribution in [-0.4, -0.2) is 65.5 Å². The van der Waals surface area contributed by atoms with E-state index in [1.165, 1.54) is 0 Å². The molecule has 0 unspecified atom stereocenters. The van der Waals surface area contributed by atoms with Crippen LogP contribution < -0.4 is 4.74 Å². The zero-order valence-corrected chi connectivity index (χ0v) is 21.8. The number of thiazole rings is 1. The lowest BCUT2D eigenvalue weighted by Crippen LogP contribution is -2.50. The average Bonchev–Trinajstić information content (AvgIpc) is 3.35. The molecular formula is C24H27ClN4O3S2. The molecule has 2 aromatic carbocycles. The van der Waals surface area contributed by atoms with E-state index < -0.39 is 15.3 Å². The highest BCUT2D eigenvalue weighted by molar-refractivity contribution is 7.89. The van der Waals surface area contributed by atoms with Gasteiger partial charge < -0.3 is 4.74 Å². The van der Waals surface area contributed by atoms with Crippen molar-refractivity contribution in [2.24, 2.45) is 0 Å². The lowest BCUT2D eigenvalue weighted by molar-refractivity contribution is 0.179. The number of halogens is 1. The second kappa shape index (κ2) is 9.13. The van der Waals surface area contributed by atoms with Gasteiger partial charge >= 0.3 is 0 Å². The third-order valence-electron chi connectivity index (χ3n) is 6.31. The first kappa shape index (κ1) is 23.6. The lowest BCUT2D eigenvalue weighted by Gasteiger charge is -2.34. The first-order valence-corrected chi connectivity index (χ1v) is 13.9. The number of sulfonamides is 1. The molecule has 5 rings (SSSR count). The van der Waals surface area contributed by atoms with Gasteiger partial charge in [-0.05, 0) is 44.2 Å². The number of methoxy groups -OCH3 is 1. The van der Waals surface area contributed by atoms with Crippen LogP contribution >= 0.6 is 22.9 Å². The normalized spacial score (nSPS) is 16.1. The zero-order valence-electron chi connectivity index (χ0n) is 19.4. The van der Waals surface area contributed by atoms with Gasteiger partial charge in [-0.25, -0.2) is 13.4 Å². The highest BCUT2D eigenvalue weighted by Crippen LogP contribution is 2.35. The van der Waals surface area contributed by atoms with E-state index in [0.717, 1.165) is 37.9 Å². The van der Waals surface area contributed by atoms with Crippen molar-refractivity contribution in [1.29, 1.82) is 0 Å².